The third kappa shape index (κ3) is 7.66. The van der Waals surface area contributed by atoms with Gasteiger partial charge in [0.1, 0.15) is 5.82 Å². The van der Waals surface area contributed by atoms with Crippen molar-refractivity contribution in [3.8, 4) is 11.4 Å². The second kappa shape index (κ2) is 14.4. The molecule has 0 spiro atoms. The molecular weight excluding hydrogens is 412 g/mol. The number of para-hydroxylation sites is 2. The predicted molar refractivity (Wildman–Crippen MR) is 140 cm³/mol. The zero-order chi connectivity index (χ0) is 22.4. The lowest BCUT2D eigenvalue weighted by molar-refractivity contribution is 0.526. The van der Waals surface area contributed by atoms with Crippen LogP contribution in [0.15, 0.2) is 48.5 Å². The minimum Gasteiger partial charge on any atom is -0.324 e. The highest BCUT2D eigenvalue weighted by Crippen LogP contribution is 2.30. The monoisotopic (exact) mass is 452 g/mol. The van der Waals surface area contributed by atoms with E-state index < -0.39 is 0 Å². The van der Waals surface area contributed by atoms with Crippen LogP contribution in [0.2, 0.25) is 5.02 Å². The fourth-order valence-electron chi connectivity index (χ4n) is 4.61. The lowest BCUT2D eigenvalue weighted by atomic mass is 10.0. The summed E-state index contributed by atoms with van der Waals surface area (Å²) in [6, 6.07) is 16.5. The predicted octanol–water partition coefficient (Wildman–Crippen LogP) is 9.84. The van der Waals surface area contributed by atoms with Gasteiger partial charge >= 0.3 is 0 Å². The molecule has 0 saturated heterocycles. The first kappa shape index (κ1) is 24.8. The van der Waals surface area contributed by atoms with Crippen molar-refractivity contribution in [1.29, 1.82) is 0 Å². The van der Waals surface area contributed by atoms with Gasteiger partial charge in [-0.15, -0.1) is 0 Å². The Morgan fingerprint density at radius 1 is 0.656 bits per heavy atom. The summed E-state index contributed by atoms with van der Waals surface area (Å²) < 4.78 is 2.36. The Balaban J connectivity index is 1.36. The molecule has 3 rings (SSSR count). The number of hydrogen-bond acceptors (Lipinski definition) is 1. The lowest BCUT2D eigenvalue weighted by Gasteiger charge is -2.10. The van der Waals surface area contributed by atoms with Crippen molar-refractivity contribution < 1.29 is 0 Å². The van der Waals surface area contributed by atoms with Gasteiger partial charge in [-0.2, -0.15) is 0 Å². The Bertz CT molecular complexity index is 914. The third-order valence-corrected chi connectivity index (χ3v) is 6.83. The molecule has 0 aliphatic heterocycles. The second-order valence-electron chi connectivity index (χ2n) is 9.15. The van der Waals surface area contributed by atoms with E-state index in [1.807, 2.05) is 18.2 Å². The quantitative estimate of drug-likeness (QED) is 0.198. The van der Waals surface area contributed by atoms with Crippen LogP contribution in [0, 0.1) is 0 Å². The fraction of sp³-hybridized carbons (Fsp3) is 0.552. The first-order valence-corrected chi connectivity index (χ1v) is 13.4. The molecule has 3 aromatic rings. The van der Waals surface area contributed by atoms with E-state index >= 15 is 0 Å². The van der Waals surface area contributed by atoms with Gasteiger partial charge in [0.15, 0.2) is 0 Å². The number of benzene rings is 2. The molecule has 1 aromatic heterocycles. The van der Waals surface area contributed by atoms with Crippen molar-refractivity contribution in [2.24, 2.45) is 0 Å². The molecule has 0 fully saturated rings. The van der Waals surface area contributed by atoms with Crippen LogP contribution in [0.5, 0.6) is 0 Å². The molecule has 3 heteroatoms. The Hall–Kier alpha value is -1.80. The number of aryl methyl sites for hydroxylation is 1. The fourth-order valence-corrected chi connectivity index (χ4v) is 4.83. The van der Waals surface area contributed by atoms with Crippen molar-refractivity contribution in [1.82, 2.24) is 9.55 Å². The standard InChI is InChI=1S/C29H41ClN2/c1-2-3-4-5-6-7-8-9-10-11-12-13-14-19-24-32-28-23-18-17-22-27(28)31-29(32)25-20-15-16-21-26(25)30/h15-18,20-23H,2-14,19,24H2,1H3. The summed E-state index contributed by atoms with van der Waals surface area (Å²) in [6.07, 6.45) is 19.4. The smallest absolute Gasteiger partial charge is 0.142 e. The van der Waals surface area contributed by atoms with Crippen LogP contribution >= 0.6 is 11.6 Å². The number of aromatic nitrogens is 2. The molecule has 0 radical (unpaired) electrons. The average Bonchev–Trinajstić information content (AvgIpc) is 3.18. The van der Waals surface area contributed by atoms with Gasteiger partial charge in [0.25, 0.3) is 0 Å². The maximum Gasteiger partial charge on any atom is 0.142 e. The van der Waals surface area contributed by atoms with Crippen molar-refractivity contribution in [3.63, 3.8) is 0 Å². The Morgan fingerprint density at radius 2 is 1.19 bits per heavy atom. The molecule has 0 bridgehead atoms. The van der Waals surface area contributed by atoms with Gasteiger partial charge in [0.2, 0.25) is 0 Å². The summed E-state index contributed by atoms with van der Waals surface area (Å²) in [4.78, 5) is 4.91. The maximum atomic E-state index is 6.50. The number of nitrogens with zero attached hydrogens (tertiary/aromatic N) is 2. The van der Waals surface area contributed by atoms with Crippen LogP contribution in [-0.4, -0.2) is 9.55 Å². The number of imidazole rings is 1. The van der Waals surface area contributed by atoms with Gasteiger partial charge < -0.3 is 4.57 Å². The van der Waals surface area contributed by atoms with Crippen LogP contribution in [-0.2, 0) is 6.54 Å². The molecule has 174 valence electrons. The molecule has 0 amide bonds. The van der Waals surface area contributed by atoms with E-state index in [0.717, 1.165) is 28.5 Å². The Labute approximate surface area is 200 Å². The summed E-state index contributed by atoms with van der Waals surface area (Å²) in [5, 5.41) is 0.769. The van der Waals surface area contributed by atoms with Gasteiger partial charge in [-0.05, 0) is 30.7 Å². The van der Waals surface area contributed by atoms with Gasteiger partial charge in [-0.25, -0.2) is 4.98 Å². The summed E-state index contributed by atoms with van der Waals surface area (Å²) in [5.74, 6) is 0.992. The molecular formula is C29H41ClN2. The minimum absolute atomic E-state index is 0.769. The minimum atomic E-state index is 0.769. The first-order chi connectivity index (χ1) is 15.8. The average molecular weight is 453 g/mol. The van der Waals surface area contributed by atoms with E-state index in [9.17, 15) is 0 Å². The molecule has 2 aromatic carbocycles. The van der Waals surface area contributed by atoms with Gasteiger partial charge in [0, 0.05) is 12.1 Å². The summed E-state index contributed by atoms with van der Waals surface area (Å²) >= 11 is 6.50. The molecule has 32 heavy (non-hydrogen) atoms. The van der Waals surface area contributed by atoms with Crippen molar-refractivity contribution >= 4 is 22.6 Å². The summed E-state index contributed by atoms with van der Waals surface area (Å²) in [7, 11) is 0. The van der Waals surface area contributed by atoms with Gasteiger partial charge in [-0.3, -0.25) is 0 Å². The number of halogens is 1. The van der Waals surface area contributed by atoms with E-state index in [4.69, 9.17) is 16.6 Å². The molecule has 0 atom stereocenters. The van der Waals surface area contributed by atoms with Crippen LogP contribution in [0.4, 0.5) is 0 Å². The largest absolute Gasteiger partial charge is 0.324 e. The highest BCUT2D eigenvalue weighted by atomic mass is 35.5. The zero-order valence-electron chi connectivity index (χ0n) is 20.0. The SMILES string of the molecule is CCCCCCCCCCCCCCCCn1c(-c2ccccc2Cl)nc2ccccc21. The maximum absolute atomic E-state index is 6.50. The Kier molecular flexibility index (Phi) is 11.2. The molecule has 0 aliphatic rings. The topological polar surface area (TPSA) is 17.8 Å². The van der Waals surface area contributed by atoms with Crippen LogP contribution in [0.3, 0.4) is 0 Å². The van der Waals surface area contributed by atoms with Crippen molar-refractivity contribution in [2.45, 2.75) is 103 Å². The molecule has 0 saturated carbocycles. The van der Waals surface area contributed by atoms with Gasteiger partial charge in [0.05, 0.1) is 16.1 Å². The van der Waals surface area contributed by atoms with Crippen LogP contribution < -0.4 is 0 Å². The van der Waals surface area contributed by atoms with E-state index in [1.54, 1.807) is 0 Å². The molecule has 0 unspecified atom stereocenters. The highest BCUT2D eigenvalue weighted by Gasteiger charge is 2.14. The molecule has 1 heterocycles. The third-order valence-electron chi connectivity index (χ3n) is 6.50. The van der Waals surface area contributed by atoms with Crippen molar-refractivity contribution in [3.05, 3.63) is 53.6 Å². The van der Waals surface area contributed by atoms with E-state index in [0.29, 0.717) is 0 Å². The van der Waals surface area contributed by atoms with Gasteiger partial charge in [-0.1, -0.05) is 126 Å². The number of fused-ring (bicyclic) bond motifs is 1. The molecule has 2 nitrogen and oxygen atoms in total. The number of hydrogen-bond donors (Lipinski definition) is 0. The highest BCUT2D eigenvalue weighted by molar-refractivity contribution is 6.33. The van der Waals surface area contributed by atoms with Crippen molar-refractivity contribution in [2.75, 3.05) is 0 Å². The summed E-state index contributed by atoms with van der Waals surface area (Å²) in [6.45, 7) is 3.29. The van der Waals surface area contributed by atoms with E-state index in [-0.39, 0.29) is 0 Å². The van der Waals surface area contributed by atoms with Crippen LogP contribution in [0.1, 0.15) is 96.8 Å². The molecule has 0 N–H and O–H groups in total. The van der Waals surface area contributed by atoms with E-state index in [2.05, 4.69) is 41.8 Å². The second-order valence-corrected chi connectivity index (χ2v) is 9.56. The summed E-state index contributed by atoms with van der Waals surface area (Å²) in [5.41, 5.74) is 3.28. The lowest BCUT2D eigenvalue weighted by Crippen LogP contribution is -2.01. The molecule has 0 aliphatic carbocycles. The number of unbranched alkanes of at least 4 members (excludes halogenated alkanes) is 13. The first-order valence-electron chi connectivity index (χ1n) is 13.0. The normalized spacial score (nSPS) is 11.4. The Morgan fingerprint density at radius 3 is 1.81 bits per heavy atom. The van der Waals surface area contributed by atoms with E-state index in [1.165, 1.54) is 95.4 Å². The van der Waals surface area contributed by atoms with Crippen LogP contribution in [0.25, 0.3) is 22.4 Å². The zero-order valence-corrected chi connectivity index (χ0v) is 20.8. The number of rotatable bonds is 16.